The maximum atomic E-state index is 5.92. The first kappa shape index (κ1) is 14.0. The second kappa shape index (κ2) is 6.64. The number of ether oxygens (including phenoxy) is 2. The van der Waals surface area contributed by atoms with Gasteiger partial charge in [-0.15, -0.1) is 0 Å². The highest BCUT2D eigenvalue weighted by atomic mass is 16.5. The quantitative estimate of drug-likeness (QED) is 0.827. The molecule has 1 aliphatic rings. The number of hydrogen-bond acceptors (Lipinski definition) is 3. The SMILES string of the molecule is COc1ccccc1CCNCC1Cc2ccccc2O1. The predicted molar refractivity (Wildman–Crippen MR) is 84.1 cm³/mol. The van der Waals surface area contributed by atoms with E-state index in [0.29, 0.717) is 0 Å². The van der Waals surface area contributed by atoms with Crippen molar-refractivity contribution in [3.63, 3.8) is 0 Å². The zero-order chi connectivity index (χ0) is 14.5. The normalized spacial score (nSPS) is 16.3. The van der Waals surface area contributed by atoms with Crippen LogP contribution in [-0.4, -0.2) is 26.3 Å². The van der Waals surface area contributed by atoms with Crippen molar-refractivity contribution < 1.29 is 9.47 Å². The van der Waals surface area contributed by atoms with Crippen LogP contribution < -0.4 is 14.8 Å². The van der Waals surface area contributed by atoms with Gasteiger partial charge in [0.2, 0.25) is 0 Å². The summed E-state index contributed by atoms with van der Waals surface area (Å²) in [6, 6.07) is 16.5. The van der Waals surface area contributed by atoms with Crippen molar-refractivity contribution in [2.45, 2.75) is 18.9 Å². The molecule has 3 heteroatoms. The molecule has 3 rings (SSSR count). The van der Waals surface area contributed by atoms with Crippen molar-refractivity contribution in [3.05, 3.63) is 59.7 Å². The zero-order valence-corrected chi connectivity index (χ0v) is 12.3. The molecule has 0 aliphatic carbocycles. The second-order valence-corrected chi connectivity index (χ2v) is 5.32. The molecule has 2 aromatic rings. The molecule has 110 valence electrons. The van der Waals surface area contributed by atoms with Crippen molar-refractivity contribution in [2.75, 3.05) is 20.2 Å². The number of benzene rings is 2. The van der Waals surface area contributed by atoms with Crippen LogP contribution in [0.15, 0.2) is 48.5 Å². The first-order chi connectivity index (χ1) is 10.4. The van der Waals surface area contributed by atoms with E-state index < -0.39 is 0 Å². The highest BCUT2D eigenvalue weighted by Gasteiger charge is 2.21. The second-order valence-electron chi connectivity index (χ2n) is 5.32. The third kappa shape index (κ3) is 3.37. The fraction of sp³-hybridized carbons (Fsp3) is 0.333. The number of para-hydroxylation sites is 2. The average molecular weight is 283 g/mol. The summed E-state index contributed by atoms with van der Waals surface area (Å²) < 4.78 is 11.3. The van der Waals surface area contributed by atoms with E-state index in [1.165, 1.54) is 11.1 Å². The van der Waals surface area contributed by atoms with Crippen molar-refractivity contribution in [2.24, 2.45) is 0 Å². The fourth-order valence-electron chi connectivity index (χ4n) is 2.76. The van der Waals surface area contributed by atoms with Gasteiger partial charge in [-0.3, -0.25) is 0 Å². The van der Waals surface area contributed by atoms with Gasteiger partial charge in [0.05, 0.1) is 7.11 Å². The molecule has 0 fully saturated rings. The first-order valence-corrected chi connectivity index (χ1v) is 7.44. The minimum absolute atomic E-state index is 0.250. The Labute approximate surface area is 125 Å². The van der Waals surface area contributed by atoms with Crippen LogP contribution in [0.1, 0.15) is 11.1 Å². The Morgan fingerprint density at radius 1 is 1.14 bits per heavy atom. The summed E-state index contributed by atoms with van der Waals surface area (Å²) in [5.74, 6) is 2.00. The standard InChI is InChI=1S/C18H21NO2/c1-20-17-8-4-2-6-14(17)10-11-19-13-16-12-15-7-3-5-9-18(15)21-16/h2-9,16,19H,10-13H2,1H3. The molecule has 1 aliphatic heterocycles. The maximum Gasteiger partial charge on any atom is 0.123 e. The topological polar surface area (TPSA) is 30.5 Å². The largest absolute Gasteiger partial charge is 0.496 e. The Bertz CT molecular complexity index is 572. The summed E-state index contributed by atoms with van der Waals surface area (Å²) >= 11 is 0. The summed E-state index contributed by atoms with van der Waals surface area (Å²) in [6.45, 7) is 1.81. The van der Waals surface area contributed by atoms with Crippen molar-refractivity contribution in [1.82, 2.24) is 5.32 Å². The van der Waals surface area contributed by atoms with Crippen LogP contribution in [0.3, 0.4) is 0 Å². The zero-order valence-electron chi connectivity index (χ0n) is 12.3. The lowest BCUT2D eigenvalue weighted by molar-refractivity contribution is 0.228. The molecular weight excluding hydrogens is 262 g/mol. The molecule has 21 heavy (non-hydrogen) atoms. The Hall–Kier alpha value is -2.00. The highest BCUT2D eigenvalue weighted by molar-refractivity contribution is 5.37. The summed E-state index contributed by atoms with van der Waals surface area (Å²) in [5, 5.41) is 3.48. The van der Waals surface area contributed by atoms with Gasteiger partial charge in [0, 0.05) is 13.0 Å². The van der Waals surface area contributed by atoms with E-state index >= 15 is 0 Å². The van der Waals surface area contributed by atoms with Crippen LogP contribution in [0.25, 0.3) is 0 Å². The molecule has 0 saturated heterocycles. The average Bonchev–Trinajstić information content (AvgIpc) is 2.94. The number of hydrogen-bond donors (Lipinski definition) is 1. The van der Waals surface area contributed by atoms with Crippen molar-refractivity contribution in [1.29, 1.82) is 0 Å². The van der Waals surface area contributed by atoms with E-state index in [0.717, 1.165) is 37.4 Å². The molecule has 0 radical (unpaired) electrons. The number of fused-ring (bicyclic) bond motifs is 1. The molecule has 2 aromatic carbocycles. The van der Waals surface area contributed by atoms with Crippen LogP contribution in [0, 0.1) is 0 Å². The first-order valence-electron chi connectivity index (χ1n) is 7.44. The van der Waals surface area contributed by atoms with Crippen LogP contribution in [0.2, 0.25) is 0 Å². The lowest BCUT2D eigenvalue weighted by Gasteiger charge is -2.13. The van der Waals surface area contributed by atoms with E-state index in [1.54, 1.807) is 7.11 Å². The number of nitrogens with one attached hydrogen (secondary N) is 1. The smallest absolute Gasteiger partial charge is 0.123 e. The van der Waals surface area contributed by atoms with Crippen molar-refractivity contribution in [3.8, 4) is 11.5 Å². The van der Waals surface area contributed by atoms with Gasteiger partial charge in [-0.1, -0.05) is 36.4 Å². The Balaban J connectivity index is 1.44. The van der Waals surface area contributed by atoms with Gasteiger partial charge in [0.1, 0.15) is 17.6 Å². The Morgan fingerprint density at radius 3 is 2.81 bits per heavy atom. The van der Waals surface area contributed by atoms with Crippen LogP contribution in [0.5, 0.6) is 11.5 Å². The van der Waals surface area contributed by atoms with Crippen LogP contribution in [0.4, 0.5) is 0 Å². The van der Waals surface area contributed by atoms with Gasteiger partial charge in [-0.2, -0.15) is 0 Å². The molecule has 3 nitrogen and oxygen atoms in total. The fourth-order valence-corrected chi connectivity index (χ4v) is 2.76. The monoisotopic (exact) mass is 283 g/mol. The number of rotatable bonds is 6. The van der Waals surface area contributed by atoms with E-state index in [9.17, 15) is 0 Å². The van der Waals surface area contributed by atoms with Gasteiger partial charge < -0.3 is 14.8 Å². The predicted octanol–water partition coefficient (Wildman–Crippen LogP) is 2.83. The summed E-state index contributed by atoms with van der Waals surface area (Å²) in [5.41, 5.74) is 2.55. The lowest BCUT2D eigenvalue weighted by atomic mass is 10.1. The maximum absolute atomic E-state index is 5.92. The molecule has 0 bridgehead atoms. The van der Waals surface area contributed by atoms with E-state index in [2.05, 4.69) is 29.6 Å². The molecule has 0 amide bonds. The van der Waals surface area contributed by atoms with Gasteiger partial charge in [0.25, 0.3) is 0 Å². The van der Waals surface area contributed by atoms with Gasteiger partial charge in [-0.25, -0.2) is 0 Å². The number of methoxy groups -OCH3 is 1. The minimum Gasteiger partial charge on any atom is -0.496 e. The summed E-state index contributed by atoms with van der Waals surface area (Å²) in [6.07, 6.45) is 2.21. The highest BCUT2D eigenvalue weighted by Crippen LogP contribution is 2.27. The van der Waals surface area contributed by atoms with Crippen LogP contribution >= 0.6 is 0 Å². The molecule has 1 heterocycles. The minimum atomic E-state index is 0.250. The van der Waals surface area contributed by atoms with Gasteiger partial charge in [-0.05, 0) is 36.2 Å². The van der Waals surface area contributed by atoms with Crippen molar-refractivity contribution >= 4 is 0 Å². The summed E-state index contributed by atoms with van der Waals surface area (Å²) in [4.78, 5) is 0. The Morgan fingerprint density at radius 2 is 1.95 bits per heavy atom. The van der Waals surface area contributed by atoms with E-state index in [-0.39, 0.29) is 6.10 Å². The molecule has 0 spiro atoms. The molecule has 1 N–H and O–H groups in total. The van der Waals surface area contributed by atoms with Crippen LogP contribution in [-0.2, 0) is 12.8 Å². The van der Waals surface area contributed by atoms with E-state index in [1.807, 2.05) is 24.3 Å². The van der Waals surface area contributed by atoms with Gasteiger partial charge >= 0.3 is 0 Å². The molecular formula is C18H21NO2. The lowest BCUT2D eigenvalue weighted by Crippen LogP contribution is -2.31. The Kier molecular flexibility index (Phi) is 4.41. The summed E-state index contributed by atoms with van der Waals surface area (Å²) in [7, 11) is 1.72. The van der Waals surface area contributed by atoms with E-state index in [4.69, 9.17) is 9.47 Å². The molecule has 1 unspecified atom stereocenters. The molecule has 0 aromatic heterocycles. The third-order valence-electron chi connectivity index (χ3n) is 3.85. The third-order valence-corrected chi connectivity index (χ3v) is 3.85. The molecule has 0 saturated carbocycles. The molecule has 1 atom stereocenters. The van der Waals surface area contributed by atoms with Gasteiger partial charge in [0.15, 0.2) is 0 Å².